The van der Waals surface area contributed by atoms with Crippen LogP contribution in [0.1, 0.15) is 90.2 Å². The number of carbonyl (C=O) groups excluding carboxylic acids is 1. The average molecular weight is 537 g/mol. The van der Waals surface area contributed by atoms with Crippen LogP contribution in [-0.4, -0.2) is 46.8 Å². The van der Waals surface area contributed by atoms with E-state index in [-0.39, 0.29) is 24.4 Å². The SMILES string of the molecule is C#C.CCCCCCCCCCCCOC(=O)OCOCC1CC[C@H](n2ccc3c(N)nc(Cl)nc32)O1. The molecule has 0 radical (unpaired) electrons. The lowest BCUT2D eigenvalue weighted by atomic mass is 10.1. The van der Waals surface area contributed by atoms with E-state index in [1.807, 2.05) is 16.8 Å². The van der Waals surface area contributed by atoms with Crippen molar-refractivity contribution in [1.29, 1.82) is 0 Å². The van der Waals surface area contributed by atoms with Crippen LogP contribution < -0.4 is 5.73 Å². The van der Waals surface area contributed by atoms with E-state index in [2.05, 4.69) is 29.7 Å². The van der Waals surface area contributed by atoms with Gasteiger partial charge in [0.15, 0.2) is 6.79 Å². The molecule has 1 aliphatic heterocycles. The van der Waals surface area contributed by atoms with E-state index in [9.17, 15) is 4.79 Å². The van der Waals surface area contributed by atoms with Gasteiger partial charge in [0.25, 0.3) is 0 Å². The smallest absolute Gasteiger partial charge is 0.434 e. The number of rotatable bonds is 16. The Morgan fingerprint density at radius 3 is 2.46 bits per heavy atom. The van der Waals surface area contributed by atoms with Gasteiger partial charge < -0.3 is 29.2 Å². The zero-order chi connectivity index (χ0) is 26.9. The first-order valence-corrected chi connectivity index (χ1v) is 13.6. The molecule has 1 saturated heterocycles. The van der Waals surface area contributed by atoms with Crippen LogP contribution in [0.15, 0.2) is 12.3 Å². The molecule has 2 N–H and O–H groups in total. The van der Waals surface area contributed by atoms with E-state index in [1.54, 1.807) is 0 Å². The van der Waals surface area contributed by atoms with Gasteiger partial charge in [0.05, 0.1) is 24.7 Å². The molecule has 0 aliphatic carbocycles. The van der Waals surface area contributed by atoms with Crippen molar-refractivity contribution in [3.8, 4) is 12.8 Å². The number of fused-ring (bicyclic) bond motifs is 1. The van der Waals surface area contributed by atoms with Crippen molar-refractivity contribution in [2.45, 2.75) is 96.3 Å². The zero-order valence-corrected chi connectivity index (χ0v) is 22.7. The molecule has 0 bridgehead atoms. The number of aromatic nitrogens is 3. The van der Waals surface area contributed by atoms with Gasteiger partial charge in [-0.25, -0.2) is 9.78 Å². The molecule has 0 amide bonds. The lowest BCUT2D eigenvalue weighted by Crippen LogP contribution is -2.19. The van der Waals surface area contributed by atoms with Crippen LogP contribution in [0.2, 0.25) is 5.28 Å². The van der Waals surface area contributed by atoms with Crippen molar-refractivity contribution in [2.24, 2.45) is 0 Å². The summed E-state index contributed by atoms with van der Waals surface area (Å²) >= 11 is 5.95. The maximum absolute atomic E-state index is 11.7. The van der Waals surface area contributed by atoms with Gasteiger partial charge >= 0.3 is 6.16 Å². The van der Waals surface area contributed by atoms with E-state index in [0.29, 0.717) is 24.7 Å². The van der Waals surface area contributed by atoms with Gasteiger partial charge in [0.2, 0.25) is 5.28 Å². The largest absolute Gasteiger partial charge is 0.510 e. The Labute approximate surface area is 225 Å². The fourth-order valence-corrected chi connectivity index (χ4v) is 4.50. The minimum atomic E-state index is -0.695. The lowest BCUT2D eigenvalue weighted by molar-refractivity contribution is -0.0885. The van der Waals surface area contributed by atoms with Gasteiger partial charge in [-0.3, -0.25) is 0 Å². The molecule has 3 rings (SSSR count). The standard InChI is InChI=1S/C25H39ClN4O5.C2H2/c1-2-3-4-5-6-7-8-9-10-11-16-33-25(31)34-18-32-17-19-12-13-21(35-19)30-15-14-20-22(27)28-24(26)29-23(20)30;1-2/h14-15,19,21H,2-13,16-18H2,1H3,(H2,27,28,29);1-2H/t19?,21-;/m1./s1. The van der Waals surface area contributed by atoms with E-state index in [0.717, 1.165) is 31.1 Å². The molecule has 0 spiro atoms. The van der Waals surface area contributed by atoms with Crippen molar-refractivity contribution in [3.63, 3.8) is 0 Å². The second-order valence-electron chi connectivity index (χ2n) is 9.04. The highest BCUT2D eigenvalue weighted by molar-refractivity contribution is 6.28. The molecule has 10 heteroatoms. The Morgan fingerprint density at radius 2 is 1.76 bits per heavy atom. The molecule has 206 valence electrons. The minimum Gasteiger partial charge on any atom is -0.434 e. The molecule has 2 aromatic heterocycles. The average Bonchev–Trinajstić information content (AvgIpc) is 3.53. The summed E-state index contributed by atoms with van der Waals surface area (Å²) in [4.78, 5) is 19.9. The van der Waals surface area contributed by atoms with Crippen LogP contribution in [0.25, 0.3) is 11.0 Å². The minimum absolute atomic E-state index is 0.102. The van der Waals surface area contributed by atoms with Gasteiger partial charge in [0.1, 0.15) is 17.7 Å². The summed E-state index contributed by atoms with van der Waals surface area (Å²) in [6, 6.07) is 1.85. The van der Waals surface area contributed by atoms with Crippen LogP contribution in [0.3, 0.4) is 0 Å². The van der Waals surface area contributed by atoms with Crippen LogP contribution in [0, 0.1) is 12.8 Å². The number of halogens is 1. The molecule has 2 atom stereocenters. The summed E-state index contributed by atoms with van der Waals surface area (Å²) in [5.41, 5.74) is 6.56. The summed E-state index contributed by atoms with van der Waals surface area (Å²) < 4.78 is 23.5. The molecule has 3 heterocycles. The van der Waals surface area contributed by atoms with Gasteiger partial charge in [-0.1, -0.05) is 64.7 Å². The Kier molecular flexibility index (Phi) is 14.8. The molecule has 0 aromatic carbocycles. The summed E-state index contributed by atoms with van der Waals surface area (Å²) in [5, 5.41) is 0.840. The first kappa shape index (κ1) is 30.7. The number of hydrogen-bond acceptors (Lipinski definition) is 8. The lowest BCUT2D eigenvalue weighted by Gasteiger charge is -2.16. The van der Waals surface area contributed by atoms with Crippen molar-refractivity contribution in [1.82, 2.24) is 14.5 Å². The predicted molar refractivity (Wildman–Crippen MR) is 145 cm³/mol. The Hall–Kier alpha value is -2.54. The Morgan fingerprint density at radius 1 is 1.08 bits per heavy atom. The molecule has 1 aliphatic rings. The first-order chi connectivity index (χ1) is 18.1. The second-order valence-corrected chi connectivity index (χ2v) is 9.38. The molecule has 1 fully saturated rings. The fraction of sp³-hybridized carbons (Fsp3) is 0.667. The monoisotopic (exact) mass is 536 g/mol. The quantitative estimate of drug-likeness (QED) is 0.0835. The number of nitrogens with zero attached hydrogens (tertiary/aromatic N) is 3. The number of nitrogens with two attached hydrogens (primary N) is 1. The van der Waals surface area contributed by atoms with E-state index < -0.39 is 6.16 Å². The summed E-state index contributed by atoms with van der Waals surface area (Å²) in [5.74, 6) is 0.342. The van der Waals surface area contributed by atoms with Crippen molar-refractivity contribution in [3.05, 3.63) is 17.5 Å². The van der Waals surface area contributed by atoms with Gasteiger partial charge in [0, 0.05) is 6.20 Å². The number of unbranched alkanes of at least 4 members (excludes halogenated alkanes) is 9. The van der Waals surface area contributed by atoms with Crippen molar-refractivity contribution in [2.75, 3.05) is 25.7 Å². The number of nitrogen functional groups attached to an aromatic ring is 1. The maximum atomic E-state index is 11.7. The van der Waals surface area contributed by atoms with Gasteiger partial charge in [-0.2, -0.15) is 4.98 Å². The third kappa shape index (κ3) is 10.8. The molecule has 37 heavy (non-hydrogen) atoms. The van der Waals surface area contributed by atoms with Crippen molar-refractivity contribution < 1.29 is 23.7 Å². The van der Waals surface area contributed by atoms with Crippen LogP contribution in [0.4, 0.5) is 10.6 Å². The zero-order valence-electron chi connectivity index (χ0n) is 21.9. The molecule has 9 nitrogen and oxygen atoms in total. The molecule has 0 saturated carbocycles. The highest BCUT2D eigenvalue weighted by Crippen LogP contribution is 2.32. The normalized spacial score (nSPS) is 16.9. The highest BCUT2D eigenvalue weighted by Gasteiger charge is 2.28. The number of ether oxygens (including phenoxy) is 4. The predicted octanol–water partition coefficient (Wildman–Crippen LogP) is 6.64. The summed E-state index contributed by atoms with van der Waals surface area (Å²) in [6.07, 6.45) is 22.8. The van der Waals surface area contributed by atoms with Crippen LogP contribution in [0.5, 0.6) is 0 Å². The van der Waals surface area contributed by atoms with E-state index >= 15 is 0 Å². The van der Waals surface area contributed by atoms with Crippen molar-refractivity contribution >= 4 is 34.6 Å². The fourth-order valence-electron chi connectivity index (χ4n) is 4.33. The second kappa shape index (κ2) is 17.8. The Balaban J connectivity index is 0.00000235. The number of carbonyl (C=O) groups is 1. The molecular weight excluding hydrogens is 496 g/mol. The number of terminal acetylenes is 1. The third-order valence-electron chi connectivity index (χ3n) is 6.25. The molecule has 1 unspecified atom stereocenters. The van der Waals surface area contributed by atoms with E-state index in [4.69, 9.17) is 36.3 Å². The van der Waals surface area contributed by atoms with E-state index in [1.165, 1.54) is 51.4 Å². The maximum Gasteiger partial charge on any atom is 0.510 e. The summed E-state index contributed by atoms with van der Waals surface area (Å²) in [7, 11) is 0. The van der Waals surface area contributed by atoms with Crippen LogP contribution in [-0.2, 0) is 18.9 Å². The number of anilines is 1. The molecular formula is C27H41ClN4O5. The highest BCUT2D eigenvalue weighted by atomic mass is 35.5. The first-order valence-electron chi connectivity index (χ1n) is 13.2. The topological polar surface area (TPSA) is 111 Å². The number of hydrogen-bond donors (Lipinski definition) is 1. The Bertz CT molecular complexity index is 952. The third-order valence-corrected chi connectivity index (χ3v) is 6.42. The van der Waals surface area contributed by atoms with Crippen LogP contribution >= 0.6 is 11.6 Å². The summed E-state index contributed by atoms with van der Waals surface area (Å²) in [6.45, 7) is 2.78. The van der Waals surface area contributed by atoms with Gasteiger partial charge in [-0.15, -0.1) is 12.8 Å². The van der Waals surface area contributed by atoms with Gasteiger partial charge in [-0.05, 0) is 36.9 Å². The molecule has 2 aromatic rings.